The number of carbonyl (C=O) groups excluding carboxylic acids is 2. The lowest BCUT2D eigenvalue weighted by Gasteiger charge is -2.26. The molecule has 0 saturated carbocycles. The summed E-state index contributed by atoms with van der Waals surface area (Å²) in [5.74, 6) is -0.868. The van der Waals surface area contributed by atoms with Gasteiger partial charge in [-0.25, -0.2) is 0 Å². The van der Waals surface area contributed by atoms with Crippen molar-refractivity contribution in [1.82, 2.24) is 9.88 Å². The Kier molecular flexibility index (Phi) is 5.70. The largest absolute Gasteiger partial charge is 0.503 e. The molecule has 8 nitrogen and oxygen atoms in total. The van der Waals surface area contributed by atoms with Crippen LogP contribution < -0.4 is 9.47 Å². The molecule has 1 aliphatic heterocycles. The molecule has 0 radical (unpaired) electrons. The second-order valence-corrected chi connectivity index (χ2v) is 7.98. The zero-order valence-electron chi connectivity index (χ0n) is 19.1. The van der Waals surface area contributed by atoms with Crippen molar-refractivity contribution in [2.24, 2.45) is 0 Å². The summed E-state index contributed by atoms with van der Waals surface area (Å²) in [7, 11) is 3.05. The molecule has 0 spiro atoms. The van der Waals surface area contributed by atoms with Crippen molar-refractivity contribution < 1.29 is 28.6 Å². The number of hydrogen-bond acceptors (Lipinski definition) is 7. The molecule has 2 aromatic heterocycles. The van der Waals surface area contributed by atoms with Gasteiger partial charge in [0.1, 0.15) is 11.8 Å². The van der Waals surface area contributed by atoms with Gasteiger partial charge in [0.05, 0.1) is 32.0 Å². The van der Waals surface area contributed by atoms with Gasteiger partial charge in [-0.3, -0.25) is 14.6 Å². The van der Waals surface area contributed by atoms with E-state index in [1.54, 1.807) is 61.8 Å². The molecule has 1 N–H and O–H groups in total. The van der Waals surface area contributed by atoms with E-state index in [1.165, 1.54) is 12.0 Å². The second kappa shape index (κ2) is 8.98. The highest BCUT2D eigenvalue weighted by atomic mass is 16.5. The van der Waals surface area contributed by atoms with Crippen LogP contribution in [0.15, 0.2) is 88.7 Å². The normalized spacial score (nSPS) is 15.7. The number of fused-ring (bicyclic) bond motifs is 1. The van der Waals surface area contributed by atoms with Crippen molar-refractivity contribution in [2.75, 3.05) is 14.2 Å². The van der Waals surface area contributed by atoms with Crippen molar-refractivity contribution >= 4 is 22.7 Å². The summed E-state index contributed by atoms with van der Waals surface area (Å²) < 4.78 is 16.6. The third-order valence-electron chi connectivity index (χ3n) is 6.00. The first kappa shape index (κ1) is 22.2. The van der Waals surface area contributed by atoms with E-state index in [0.717, 1.165) is 5.56 Å². The zero-order chi connectivity index (χ0) is 24.5. The van der Waals surface area contributed by atoms with Crippen LogP contribution >= 0.6 is 0 Å². The summed E-state index contributed by atoms with van der Waals surface area (Å²) >= 11 is 0. The predicted molar refractivity (Wildman–Crippen MR) is 127 cm³/mol. The van der Waals surface area contributed by atoms with Gasteiger partial charge < -0.3 is 23.9 Å². The average Bonchev–Trinajstić information content (AvgIpc) is 3.44. The SMILES string of the molecule is COc1ccccc1CN1C(=O)C(O)=C(C(=O)c2cc3cccc(OC)c3o2)C1c1ccccn1. The molecule has 0 bridgehead atoms. The van der Waals surface area contributed by atoms with Crippen molar-refractivity contribution in [1.29, 1.82) is 0 Å². The highest BCUT2D eigenvalue weighted by Crippen LogP contribution is 2.41. The topological polar surface area (TPSA) is 102 Å². The predicted octanol–water partition coefficient (Wildman–Crippen LogP) is 4.62. The number of ether oxygens (including phenoxy) is 2. The number of aliphatic hydroxyl groups is 1. The maximum Gasteiger partial charge on any atom is 0.290 e. The van der Waals surface area contributed by atoms with Crippen LogP contribution in [0, 0.1) is 0 Å². The van der Waals surface area contributed by atoms with Crippen molar-refractivity contribution in [3.63, 3.8) is 0 Å². The van der Waals surface area contributed by atoms with Gasteiger partial charge in [-0.05, 0) is 30.3 Å². The summed E-state index contributed by atoms with van der Waals surface area (Å²) in [6, 6.07) is 18.4. The van der Waals surface area contributed by atoms with E-state index in [1.807, 2.05) is 18.2 Å². The third kappa shape index (κ3) is 3.78. The molecule has 0 fully saturated rings. The second-order valence-electron chi connectivity index (χ2n) is 7.98. The van der Waals surface area contributed by atoms with Crippen molar-refractivity contribution in [2.45, 2.75) is 12.6 Å². The monoisotopic (exact) mass is 470 g/mol. The Morgan fingerprint density at radius 2 is 1.77 bits per heavy atom. The van der Waals surface area contributed by atoms with Gasteiger partial charge >= 0.3 is 0 Å². The molecular formula is C27H22N2O6. The van der Waals surface area contributed by atoms with Crippen LogP contribution in [0.2, 0.25) is 0 Å². The molecule has 5 rings (SSSR count). The first-order chi connectivity index (χ1) is 17.0. The molecular weight excluding hydrogens is 448 g/mol. The van der Waals surface area contributed by atoms with E-state index < -0.39 is 23.5 Å². The summed E-state index contributed by atoms with van der Waals surface area (Å²) in [4.78, 5) is 32.7. The summed E-state index contributed by atoms with van der Waals surface area (Å²) in [5, 5.41) is 11.6. The molecule has 35 heavy (non-hydrogen) atoms. The molecule has 1 unspecified atom stereocenters. The number of aromatic nitrogens is 1. The van der Waals surface area contributed by atoms with Crippen LogP contribution in [0.5, 0.6) is 11.5 Å². The number of para-hydroxylation sites is 2. The maximum absolute atomic E-state index is 13.7. The number of ketones is 1. The molecule has 4 aromatic rings. The van der Waals surface area contributed by atoms with Gasteiger partial charge in [0.2, 0.25) is 5.78 Å². The van der Waals surface area contributed by atoms with Crippen molar-refractivity contribution in [3.05, 3.63) is 101 Å². The Balaban J connectivity index is 1.60. The number of methoxy groups -OCH3 is 2. The summed E-state index contributed by atoms with van der Waals surface area (Å²) in [6.45, 7) is 0.0961. The average molecular weight is 470 g/mol. The molecule has 1 atom stereocenters. The van der Waals surface area contributed by atoms with E-state index in [0.29, 0.717) is 28.2 Å². The van der Waals surface area contributed by atoms with Gasteiger partial charge in [0, 0.05) is 17.1 Å². The number of benzene rings is 2. The molecule has 8 heteroatoms. The number of hydrogen-bond donors (Lipinski definition) is 1. The van der Waals surface area contributed by atoms with E-state index in [-0.39, 0.29) is 17.9 Å². The van der Waals surface area contributed by atoms with E-state index >= 15 is 0 Å². The zero-order valence-corrected chi connectivity index (χ0v) is 19.1. The Labute approximate surface area is 201 Å². The van der Waals surface area contributed by atoms with Gasteiger partial charge in [-0.15, -0.1) is 0 Å². The standard InChI is InChI=1S/C27H22N2O6/c1-33-19-11-4-3-8-17(19)15-29-23(18-10-5-6-13-28-18)22(25(31)27(29)32)24(30)21-14-16-9-7-12-20(34-2)26(16)35-21/h3-14,23,31H,15H2,1-2H3. The van der Waals surface area contributed by atoms with Crippen LogP contribution in [-0.2, 0) is 11.3 Å². The number of furan rings is 1. The minimum absolute atomic E-state index is 0.0149. The first-order valence-corrected chi connectivity index (χ1v) is 10.9. The fourth-order valence-corrected chi connectivity index (χ4v) is 4.35. The van der Waals surface area contributed by atoms with Gasteiger partial charge in [-0.2, -0.15) is 0 Å². The van der Waals surface area contributed by atoms with Crippen LogP contribution in [0.25, 0.3) is 11.0 Å². The number of amides is 1. The molecule has 1 amide bonds. The number of Topliss-reactive ketones (excluding diaryl/α,β-unsaturated/α-hetero) is 1. The Morgan fingerprint density at radius 1 is 1.03 bits per heavy atom. The highest BCUT2D eigenvalue weighted by Gasteiger charge is 2.45. The highest BCUT2D eigenvalue weighted by molar-refractivity contribution is 6.16. The van der Waals surface area contributed by atoms with Gasteiger partial charge in [0.15, 0.2) is 22.9 Å². The Bertz CT molecular complexity index is 1460. The summed E-state index contributed by atoms with van der Waals surface area (Å²) in [5.41, 5.74) is 1.47. The molecule has 0 aliphatic carbocycles. The maximum atomic E-state index is 13.7. The number of aliphatic hydroxyl groups excluding tert-OH is 1. The fraction of sp³-hybridized carbons (Fsp3) is 0.148. The lowest BCUT2D eigenvalue weighted by Crippen LogP contribution is -2.31. The van der Waals surface area contributed by atoms with E-state index in [4.69, 9.17) is 13.9 Å². The molecule has 3 heterocycles. The number of carbonyl (C=O) groups is 2. The van der Waals surface area contributed by atoms with Crippen LogP contribution in [0.1, 0.15) is 27.9 Å². The minimum atomic E-state index is -0.920. The third-order valence-corrected chi connectivity index (χ3v) is 6.00. The molecule has 1 aliphatic rings. The molecule has 2 aromatic carbocycles. The number of pyridine rings is 1. The van der Waals surface area contributed by atoms with Crippen LogP contribution in [0.4, 0.5) is 0 Å². The quantitative estimate of drug-likeness (QED) is 0.393. The number of rotatable bonds is 7. The fourth-order valence-electron chi connectivity index (χ4n) is 4.35. The lowest BCUT2D eigenvalue weighted by atomic mass is 9.98. The van der Waals surface area contributed by atoms with Gasteiger partial charge in [-0.1, -0.05) is 36.4 Å². The molecule has 176 valence electrons. The minimum Gasteiger partial charge on any atom is -0.503 e. The Hall–Kier alpha value is -4.59. The van der Waals surface area contributed by atoms with Crippen LogP contribution in [0.3, 0.4) is 0 Å². The molecule has 0 saturated heterocycles. The summed E-state index contributed by atoms with van der Waals surface area (Å²) in [6.07, 6.45) is 1.57. The van der Waals surface area contributed by atoms with Gasteiger partial charge in [0.25, 0.3) is 5.91 Å². The van der Waals surface area contributed by atoms with E-state index in [2.05, 4.69) is 4.98 Å². The Morgan fingerprint density at radius 3 is 2.51 bits per heavy atom. The number of nitrogens with zero attached hydrogens (tertiary/aromatic N) is 2. The van der Waals surface area contributed by atoms with Crippen molar-refractivity contribution in [3.8, 4) is 11.5 Å². The smallest absolute Gasteiger partial charge is 0.290 e. The van der Waals surface area contributed by atoms with Crippen LogP contribution in [-0.4, -0.2) is 40.9 Å². The lowest BCUT2D eigenvalue weighted by molar-refractivity contribution is -0.130. The first-order valence-electron chi connectivity index (χ1n) is 10.9. The van der Waals surface area contributed by atoms with E-state index in [9.17, 15) is 14.7 Å².